The number of hydrogen-bond donors (Lipinski definition) is 2. The summed E-state index contributed by atoms with van der Waals surface area (Å²) < 4.78 is 38.7. The molecular weight excluding hydrogens is 273 g/mol. The van der Waals surface area contributed by atoms with Crippen LogP contribution in [0.4, 0.5) is 18.9 Å². The number of anilines is 1. The Kier molecular flexibility index (Phi) is 3.31. The maximum absolute atomic E-state index is 12.9. The first-order valence-corrected chi connectivity index (χ1v) is 5.38. The maximum atomic E-state index is 12.9. The Hall–Kier alpha value is -2.64. The van der Waals surface area contributed by atoms with E-state index in [1.54, 1.807) is 0 Å². The van der Waals surface area contributed by atoms with E-state index in [1.165, 1.54) is 18.2 Å². The molecule has 0 aliphatic carbocycles. The number of nitrogens with two attached hydrogens (primary N) is 2. The van der Waals surface area contributed by atoms with Crippen molar-refractivity contribution in [1.82, 2.24) is 9.97 Å². The molecule has 0 bridgehead atoms. The number of aromatic nitrogens is 2. The van der Waals surface area contributed by atoms with Gasteiger partial charge < -0.3 is 11.5 Å². The van der Waals surface area contributed by atoms with E-state index < -0.39 is 23.3 Å². The smallest absolute Gasteiger partial charge is 0.398 e. The number of nitrogen functional groups attached to an aromatic ring is 1. The van der Waals surface area contributed by atoms with Crippen LogP contribution in [0.15, 0.2) is 30.7 Å². The molecule has 0 fully saturated rings. The number of carbonyl (C=O) groups is 1. The summed E-state index contributed by atoms with van der Waals surface area (Å²) in [5, 5.41) is 0. The van der Waals surface area contributed by atoms with Crippen LogP contribution in [0.25, 0.3) is 11.3 Å². The zero-order valence-corrected chi connectivity index (χ0v) is 9.98. The van der Waals surface area contributed by atoms with Gasteiger partial charge in [0.25, 0.3) is 5.91 Å². The molecule has 0 aliphatic rings. The first kappa shape index (κ1) is 13.8. The summed E-state index contributed by atoms with van der Waals surface area (Å²) in [4.78, 5) is 18.1. The molecule has 104 valence electrons. The molecule has 0 unspecified atom stereocenters. The molecule has 5 nitrogen and oxygen atoms in total. The van der Waals surface area contributed by atoms with Gasteiger partial charge in [0.15, 0.2) is 0 Å². The number of hydrogen-bond acceptors (Lipinski definition) is 4. The van der Waals surface area contributed by atoms with Crippen LogP contribution in [-0.2, 0) is 6.18 Å². The molecule has 1 aromatic carbocycles. The highest BCUT2D eigenvalue weighted by molar-refractivity contribution is 6.01. The number of benzene rings is 1. The molecule has 8 heteroatoms. The molecule has 0 saturated carbocycles. The van der Waals surface area contributed by atoms with Gasteiger partial charge in [0.2, 0.25) is 0 Å². The minimum Gasteiger partial charge on any atom is -0.398 e. The fourth-order valence-electron chi connectivity index (χ4n) is 1.74. The van der Waals surface area contributed by atoms with Gasteiger partial charge in [-0.15, -0.1) is 0 Å². The molecule has 0 radical (unpaired) electrons. The first-order chi connectivity index (χ1) is 9.32. The summed E-state index contributed by atoms with van der Waals surface area (Å²) in [6.45, 7) is 0. The van der Waals surface area contributed by atoms with E-state index in [9.17, 15) is 18.0 Å². The zero-order chi connectivity index (χ0) is 14.9. The lowest BCUT2D eigenvalue weighted by molar-refractivity contribution is -0.137. The standard InChI is InChI=1S/C12H9F3N4O/c13-12(14,15)8-4-18-5-19-10(8)6-2-1-3-7(9(6)16)11(17)20/h1-5H,16H2,(H2,17,20). The number of nitrogens with zero attached hydrogens (tertiary/aromatic N) is 2. The van der Waals surface area contributed by atoms with Gasteiger partial charge in [-0.3, -0.25) is 4.79 Å². The Morgan fingerprint density at radius 1 is 1.25 bits per heavy atom. The van der Waals surface area contributed by atoms with E-state index in [1.807, 2.05) is 0 Å². The summed E-state index contributed by atoms with van der Waals surface area (Å²) in [6.07, 6.45) is -3.01. The van der Waals surface area contributed by atoms with E-state index >= 15 is 0 Å². The van der Waals surface area contributed by atoms with E-state index in [-0.39, 0.29) is 16.8 Å². The molecule has 0 aliphatic heterocycles. The van der Waals surface area contributed by atoms with E-state index in [2.05, 4.69) is 9.97 Å². The molecule has 1 aromatic heterocycles. The highest BCUT2D eigenvalue weighted by Gasteiger charge is 2.35. The Bertz CT molecular complexity index is 670. The summed E-state index contributed by atoms with van der Waals surface area (Å²) in [6, 6.07) is 4.04. The topological polar surface area (TPSA) is 94.9 Å². The average molecular weight is 282 g/mol. The molecule has 0 saturated heterocycles. The Morgan fingerprint density at radius 2 is 1.95 bits per heavy atom. The van der Waals surface area contributed by atoms with Gasteiger partial charge in [0, 0.05) is 11.8 Å². The monoisotopic (exact) mass is 282 g/mol. The summed E-state index contributed by atoms with van der Waals surface area (Å²) in [5.74, 6) is -0.827. The third-order valence-electron chi connectivity index (χ3n) is 2.64. The van der Waals surface area contributed by atoms with Gasteiger partial charge in [-0.25, -0.2) is 9.97 Å². The number of rotatable bonds is 2. The normalized spacial score (nSPS) is 11.3. The fourth-order valence-corrected chi connectivity index (χ4v) is 1.74. The zero-order valence-electron chi connectivity index (χ0n) is 9.98. The molecule has 0 spiro atoms. The van der Waals surface area contributed by atoms with Crippen molar-refractivity contribution in [3.8, 4) is 11.3 Å². The minimum absolute atomic E-state index is 0.0176. The predicted octanol–water partition coefficient (Wildman–Crippen LogP) is 1.84. The fraction of sp³-hybridized carbons (Fsp3) is 0.0833. The summed E-state index contributed by atoms with van der Waals surface area (Å²) >= 11 is 0. The molecule has 1 heterocycles. The van der Waals surface area contributed by atoms with Crippen LogP contribution in [0.2, 0.25) is 0 Å². The van der Waals surface area contributed by atoms with E-state index in [4.69, 9.17) is 11.5 Å². The number of carbonyl (C=O) groups excluding carboxylic acids is 1. The number of halogens is 3. The lowest BCUT2D eigenvalue weighted by Gasteiger charge is -2.13. The van der Waals surface area contributed by atoms with Gasteiger partial charge >= 0.3 is 6.18 Å². The Balaban J connectivity index is 2.70. The Labute approximate surface area is 111 Å². The van der Waals surface area contributed by atoms with Crippen LogP contribution < -0.4 is 11.5 Å². The average Bonchev–Trinajstić information content (AvgIpc) is 2.37. The summed E-state index contributed by atoms with van der Waals surface area (Å²) in [7, 11) is 0. The molecule has 0 atom stereocenters. The number of alkyl halides is 3. The molecular formula is C12H9F3N4O. The second-order valence-electron chi connectivity index (χ2n) is 3.91. The van der Waals surface area contributed by atoms with Crippen LogP contribution in [0.1, 0.15) is 15.9 Å². The van der Waals surface area contributed by atoms with Crippen molar-refractivity contribution in [2.75, 3.05) is 5.73 Å². The first-order valence-electron chi connectivity index (χ1n) is 5.38. The number of amides is 1. The second kappa shape index (κ2) is 4.80. The predicted molar refractivity (Wildman–Crippen MR) is 65.4 cm³/mol. The third kappa shape index (κ3) is 2.40. The van der Waals surface area contributed by atoms with Gasteiger partial charge in [-0.05, 0) is 6.07 Å². The van der Waals surface area contributed by atoms with Crippen LogP contribution in [0.3, 0.4) is 0 Å². The van der Waals surface area contributed by atoms with Gasteiger partial charge in [0.05, 0.1) is 16.9 Å². The lowest BCUT2D eigenvalue weighted by atomic mass is 10.0. The van der Waals surface area contributed by atoms with Crippen molar-refractivity contribution >= 4 is 11.6 Å². The van der Waals surface area contributed by atoms with Gasteiger partial charge in [-0.2, -0.15) is 13.2 Å². The van der Waals surface area contributed by atoms with Crippen molar-refractivity contribution in [3.05, 3.63) is 41.9 Å². The largest absolute Gasteiger partial charge is 0.419 e. The SMILES string of the molecule is NC(=O)c1cccc(-c2ncncc2C(F)(F)F)c1N. The van der Waals surface area contributed by atoms with E-state index in [0.717, 1.165) is 6.33 Å². The van der Waals surface area contributed by atoms with Gasteiger partial charge in [0.1, 0.15) is 11.9 Å². The highest BCUT2D eigenvalue weighted by Crippen LogP contribution is 2.37. The number of para-hydroxylation sites is 1. The van der Waals surface area contributed by atoms with Crippen LogP contribution in [-0.4, -0.2) is 15.9 Å². The quantitative estimate of drug-likeness (QED) is 0.822. The van der Waals surface area contributed by atoms with Crippen molar-refractivity contribution < 1.29 is 18.0 Å². The van der Waals surface area contributed by atoms with Crippen LogP contribution in [0.5, 0.6) is 0 Å². The van der Waals surface area contributed by atoms with Crippen LogP contribution in [0, 0.1) is 0 Å². The van der Waals surface area contributed by atoms with Gasteiger partial charge in [-0.1, -0.05) is 12.1 Å². The Morgan fingerprint density at radius 3 is 2.55 bits per heavy atom. The third-order valence-corrected chi connectivity index (χ3v) is 2.64. The molecule has 20 heavy (non-hydrogen) atoms. The summed E-state index contributed by atoms with van der Waals surface area (Å²) in [5.41, 5.74) is 9.15. The number of primary amides is 1. The molecule has 2 aromatic rings. The molecule has 2 rings (SSSR count). The highest BCUT2D eigenvalue weighted by atomic mass is 19.4. The maximum Gasteiger partial charge on any atom is 0.419 e. The molecule has 1 amide bonds. The van der Waals surface area contributed by atoms with E-state index in [0.29, 0.717) is 6.20 Å². The lowest BCUT2D eigenvalue weighted by Crippen LogP contribution is -2.15. The van der Waals surface area contributed by atoms with Crippen LogP contribution >= 0.6 is 0 Å². The molecule has 4 N–H and O–H groups in total. The van der Waals surface area contributed by atoms with Crippen molar-refractivity contribution in [3.63, 3.8) is 0 Å². The van der Waals surface area contributed by atoms with Crippen molar-refractivity contribution in [2.45, 2.75) is 6.18 Å². The van der Waals surface area contributed by atoms with Crippen molar-refractivity contribution in [1.29, 1.82) is 0 Å². The second-order valence-corrected chi connectivity index (χ2v) is 3.91. The van der Waals surface area contributed by atoms with Crippen molar-refractivity contribution in [2.24, 2.45) is 5.73 Å². The minimum atomic E-state index is -4.63.